The van der Waals surface area contributed by atoms with Gasteiger partial charge in [-0.1, -0.05) is 0 Å². The Morgan fingerprint density at radius 3 is 2.78 bits per heavy atom. The molecule has 3 nitrogen and oxygen atoms in total. The Labute approximate surface area is 53.7 Å². The summed E-state index contributed by atoms with van der Waals surface area (Å²) >= 11 is 0. The lowest BCUT2D eigenvalue weighted by atomic mass is 10.7. The highest BCUT2D eigenvalue weighted by Crippen LogP contribution is 2.03. The highest BCUT2D eigenvalue weighted by molar-refractivity contribution is 7.84. The van der Waals surface area contributed by atoms with E-state index < -0.39 is 16.6 Å². The molecule has 1 aromatic heterocycles. The summed E-state index contributed by atoms with van der Waals surface area (Å²) in [6.45, 7) is 0. The van der Waals surface area contributed by atoms with Crippen molar-refractivity contribution in [1.29, 1.82) is 0 Å². The van der Waals surface area contributed by atoms with Gasteiger partial charge in [-0.25, -0.2) is 4.39 Å². The van der Waals surface area contributed by atoms with E-state index in [-0.39, 0.29) is 5.03 Å². The van der Waals surface area contributed by atoms with E-state index in [4.69, 9.17) is 0 Å². The van der Waals surface area contributed by atoms with Gasteiger partial charge in [-0.15, -0.1) is 0 Å². The van der Waals surface area contributed by atoms with E-state index in [1.54, 1.807) is 0 Å². The van der Waals surface area contributed by atoms with Crippen LogP contribution >= 0.6 is 0 Å². The van der Waals surface area contributed by atoms with Crippen LogP contribution in [0.2, 0.25) is 0 Å². The summed E-state index contributed by atoms with van der Waals surface area (Å²) in [5, 5.41) is 5.68. The average molecular weight is 148 g/mol. The molecular formula is C4H5FN2OS. The molecule has 0 aliphatic rings. The van der Waals surface area contributed by atoms with Crippen LogP contribution in [0.4, 0.5) is 4.39 Å². The molecule has 0 aliphatic carbocycles. The number of halogens is 1. The average Bonchev–Trinajstić information content (AvgIpc) is 2.13. The van der Waals surface area contributed by atoms with E-state index in [2.05, 4.69) is 10.2 Å². The molecule has 1 atom stereocenters. The van der Waals surface area contributed by atoms with Crippen molar-refractivity contribution >= 4 is 10.8 Å². The van der Waals surface area contributed by atoms with Gasteiger partial charge in [-0.3, -0.25) is 9.31 Å². The van der Waals surface area contributed by atoms with E-state index in [0.29, 0.717) is 0 Å². The second kappa shape index (κ2) is 2.26. The number of aromatic nitrogens is 2. The Morgan fingerprint density at radius 2 is 2.56 bits per heavy atom. The lowest BCUT2D eigenvalue weighted by molar-refractivity contribution is 0.594. The first-order valence-electron chi connectivity index (χ1n) is 2.24. The monoisotopic (exact) mass is 148 g/mol. The normalized spacial score (nSPS) is 13.6. The van der Waals surface area contributed by atoms with Gasteiger partial charge in [-0.2, -0.15) is 5.10 Å². The first-order valence-corrected chi connectivity index (χ1v) is 3.80. The van der Waals surface area contributed by atoms with Crippen molar-refractivity contribution in [2.24, 2.45) is 0 Å². The van der Waals surface area contributed by atoms with Gasteiger partial charge in [0.05, 0.1) is 17.0 Å². The first kappa shape index (κ1) is 6.41. The molecular weight excluding hydrogens is 143 g/mol. The molecule has 1 rings (SSSR count). The summed E-state index contributed by atoms with van der Waals surface area (Å²) in [6, 6.07) is 0. The zero-order valence-corrected chi connectivity index (χ0v) is 5.54. The second-order valence-electron chi connectivity index (χ2n) is 1.50. The van der Waals surface area contributed by atoms with E-state index in [1.807, 2.05) is 0 Å². The molecule has 0 aromatic carbocycles. The number of nitrogens with one attached hydrogen (secondary N) is 1. The number of rotatable bonds is 1. The Bertz CT molecular complexity index is 234. The summed E-state index contributed by atoms with van der Waals surface area (Å²) in [5.41, 5.74) is 0. The molecule has 5 heteroatoms. The van der Waals surface area contributed by atoms with Crippen LogP contribution in [0.1, 0.15) is 0 Å². The van der Waals surface area contributed by atoms with Crippen molar-refractivity contribution in [3.8, 4) is 0 Å². The van der Waals surface area contributed by atoms with Gasteiger partial charge in [0, 0.05) is 6.26 Å². The SMILES string of the molecule is CS(=O)c1[nH]ncc1F. The van der Waals surface area contributed by atoms with Crippen LogP contribution in [-0.4, -0.2) is 20.7 Å². The summed E-state index contributed by atoms with van der Waals surface area (Å²) in [7, 11) is -1.30. The minimum atomic E-state index is -1.30. The van der Waals surface area contributed by atoms with Crippen LogP contribution in [0.25, 0.3) is 0 Å². The Morgan fingerprint density at radius 1 is 1.89 bits per heavy atom. The van der Waals surface area contributed by atoms with Crippen molar-refractivity contribution in [3.63, 3.8) is 0 Å². The topological polar surface area (TPSA) is 45.8 Å². The Kier molecular flexibility index (Phi) is 1.61. The van der Waals surface area contributed by atoms with Crippen molar-refractivity contribution < 1.29 is 8.60 Å². The van der Waals surface area contributed by atoms with E-state index in [1.165, 1.54) is 6.26 Å². The summed E-state index contributed by atoms with van der Waals surface area (Å²) in [5.74, 6) is -0.546. The Hall–Kier alpha value is -0.710. The molecule has 0 saturated carbocycles. The third-order valence-electron chi connectivity index (χ3n) is 0.848. The number of H-pyrrole nitrogens is 1. The van der Waals surface area contributed by atoms with Gasteiger partial charge < -0.3 is 0 Å². The predicted octanol–water partition coefficient (Wildman–Crippen LogP) is 0.286. The van der Waals surface area contributed by atoms with Gasteiger partial charge in [0.1, 0.15) is 0 Å². The van der Waals surface area contributed by atoms with Gasteiger partial charge in [-0.05, 0) is 0 Å². The molecule has 1 unspecified atom stereocenters. The third kappa shape index (κ3) is 1.16. The summed E-state index contributed by atoms with van der Waals surface area (Å²) < 4.78 is 22.8. The fraction of sp³-hybridized carbons (Fsp3) is 0.250. The maximum absolute atomic E-state index is 12.3. The Balaban J connectivity index is 3.08. The van der Waals surface area contributed by atoms with Gasteiger partial charge in [0.25, 0.3) is 0 Å². The molecule has 0 bridgehead atoms. The van der Waals surface area contributed by atoms with Crippen LogP contribution in [0.15, 0.2) is 11.2 Å². The number of hydrogen-bond acceptors (Lipinski definition) is 2. The highest BCUT2D eigenvalue weighted by Gasteiger charge is 2.05. The lowest BCUT2D eigenvalue weighted by Gasteiger charge is -1.85. The summed E-state index contributed by atoms with van der Waals surface area (Å²) in [4.78, 5) is 0. The molecule has 9 heavy (non-hydrogen) atoms. The van der Waals surface area contributed by atoms with Crippen molar-refractivity contribution in [2.45, 2.75) is 5.03 Å². The van der Waals surface area contributed by atoms with Crippen LogP contribution in [0, 0.1) is 5.82 Å². The molecule has 1 aromatic rings. The second-order valence-corrected chi connectivity index (χ2v) is 2.82. The molecule has 0 radical (unpaired) electrons. The minimum absolute atomic E-state index is 0.0509. The molecule has 0 spiro atoms. The van der Waals surface area contributed by atoms with E-state index in [9.17, 15) is 8.60 Å². The van der Waals surface area contributed by atoms with E-state index >= 15 is 0 Å². The molecule has 0 saturated heterocycles. The van der Waals surface area contributed by atoms with Crippen molar-refractivity contribution in [3.05, 3.63) is 12.0 Å². The zero-order chi connectivity index (χ0) is 6.85. The zero-order valence-electron chi connectivity index (χ0n) is 4.72. The molecule has 0 amide bonds. The first-order chi connectivity index (χ1) is 4.22. The number of nitrogens with zero attached hydrogens (tertiary/aromatic N) is 1. The maximum atomic E-state index is 12.3. The standard InChI is InChI=1S/C4H5FN2OS/c1-9(8)4-3(5)2-6-7-4/h2H,1H3,(H,6,7). The van der Waals surface area contributed by atoms with Gasteiger partial charge in [0.2, 0.25) is 0 Å². The molecule has 1 N–H and O–H groups in total. The van der Waals surface area contributed by atoms with Crippen LogP contribution in [-0.2, 0) is 10.8 Å². The van der Waals surface area contributed by atoms with Crippen molar-refractivity contribution in [1.82, 2.24) is 10.2 Å². The molecule has 50 valence electrons. The quantitative estimate of drug-likeness (QED) is 0.622. The fourth-order valence-corrected chi connectivity index (χ4v) is 0.970. The smallest absolute Gasteiger partial charge is 0.177 e. The predicted molar refractivity (Wildman–Crippen MR) is 30.9 cm³/mol. The molecule has 1 heterocycles. The van der Waals surface area contributed by atoms with E-state index in [0.717, 1.165) is 6.20 Å². The molecule has 0 aliphatic heterocycles. The minimum Gasteiger partial charge on any atom is -0.267 e. The lowest BCUT2D eigenvalue weighted by Crippen LogP contribution is -1.89. The number of hydrogen-bond donors (Lipinski definition) is 1. The fourth-order valence-electron chi connectivity index (χ4n) is 0.461. The molecule has 0 fully saturated rings. The van der Waals surface area contributed by atoms with Crippen LogP contribution in [0.5, 0.6) is 0 Å². The maximum Gasteiger partial charge on any atom is 0.177 e. The van der Waals surface area contributed by atoms with Crippen molar-refractivity contribution in [2.75, 3.05) is 6.26 Å². The number of aromatic amines is 1. The van der Waals surface area contributed by atoms with Crippen LogP contribution in [0.3, 0.4) is 0 Å². The van der Waals surface area contributed by atoms with Gasteiger partial charge in [0.15, 0.2) is 10.8 Å². The largest absolute Gasteiger partial charge is 0.267 e. The van der Waals surface area contributed by atoms with Crippen LogP contribution < -0.4 is 0 Å². The van der Waals surface area contributed by atoms with Gasteiger partial charge >= 0.3 is 0 Å². The highest BCUT2D eigenvalue weighted by atomic mass is 32.2. The third-order valence-corrected chi connectivity index (χ3v) is 1.71. The summed E-state index contributed by atoms with van der Waals surface area (Å²) in [6.07, 6.45) is 2.38.